The maximum atomic E-state index is 5.59. The lowest BCUT2D eigenvalue weighted by Crippen LogP contribution is -2.38. The summed E-state index contributed by atoms with van der Waals surface area (Å²) in [6, 6.07) is 0. The zero-order chi connectivity index (χ0) is 12.3. The summed E-state index contributed by atoms with van der Waals surface area (Å²) >= 11 is 0. The molecule has 1 rings (SSSR count). The largest absolute Gasteiger partial charge is 0.380 e. The van der Waals surface area contributed by atoms with Gasteiger partial charge in [0.15, 0.2) is 0 Å². The van der Waals surface area contributed by atoms with Crippen LogP contribution in [0.1, 0.15) is 39.5 Å². The van der Waals surface area contributed by atoms with Gasteiger partial charge >= 0.3 is 0 Å². The number of piperidine rings is 1. The van der Waals surface area contributed by atoms with Crippen LogP contribution in [0.25, 0.3) is 0 Å². The second-order valence-corrected chi connectivity index (χ2v) is 5.11. The van der Waals surface area contributed by atoms with E-state index in [1.54, 1.807) is 0 Å². The summed E-state index contributed by atoms with van der Waals surface area (Å²) in [5, 5.41) is 3.44. The molecule has 1 N–H and O–H groups in total. The summed E-state index contributed by atoms with van der Waals surface area (Å²) in [5.41, 5.74) is 0. The number of nitrogens with zero attached hydrogens (tertiary/aromatic N) is 1. The van der Waals surface area contributed by atoms with Gasteiger partial charge in [0.1, 0.15) is 0 Å². The van der Waals surface area contributed by atoms with Crippen LogP contribution in [0.4, 0.5) is 0 Å². The van der Waals surface area contributed by atoms with Gasteiger partial charge in [0, 0.05) is 19.7 Å². The lowest BCUT2D eigenvalue weighted by Gasteiger charge is -2.29. The Morgan fingerprint density at radius 2 is 1.82 bits per heavy atom. The first-order valence-electron chi connectivity index (χ1n) is 7.37. The minimum Gasteiger partial charge on any atom is -0.380 e. The molecular weight excluding hydrogens is 212 g/mol. The lowest BCUT2D eigenvalue weighted by atomic mass is 9.97. The number of rotatable bonds is 9. The number of hydrogen-bond acceptors (Lipinski definition) is 3. The van der Waals surface area contributed by atoms with Crippen molar-refractivity contribution in [1.82, 2.24) is 10.2 Å². The van der Waals surface area contributed by atoms with Crippen LogP contribution in [0.15, 0.2) is 0 Å². The molecule has 0 unspecified atom stereocenters. The molecule has 3 heteroatoms. The molecule has 0 aliphatic carbocycles. The first kappa shape index (κ1) is 14.9. The summed E-state index contributed by atoms with van der Waals surface area (Å²) in [6.45, 7) is 12.3. The molecule has 0 atom stereocenters. The predicted octanol–water partition coefficient (Wildman–Crippen LogP) is 2.12. The Kier molecular flexibility index (Phi) is 8.67. The van der Waals surface area contributed by atoms with Gasteiger partial charge in [-0.2, -0.15) is 0 Å². The molecule has 1 aliphatic rings. The van der Waals surface area contributed by atoms with Gasteiger partial charge in [-0.25, -0.2) is 0 Å². The van der Waals surface area contributed by atoms with Crippen molar-refractivity contribution < 1.29 is 4.74 Å². The quantitative estimate of drug-likeness (QED) is 0.627. The highest BCUT2D eigenvalue weighted by atomic mass is 16.5. The van der Waals surface area contributed by atoms with Gasteiger partial charge in [-0.3, -0.25) is 0 Å². The third-order valence-corrected chi connectivity index (χ3v) is 3.42. The van der Waals surface area contributed by atoms with E-state index in [1.165, 1.54) is 45.4 Å². The highest BCUT2D eigenvalue weighted by Gasteiger charge is 2.16. The number of nitrogens with one attached hydrogen (secondary N) is 1. The van der Waals surface area contributed by atoms with Gasteiger partial charge in [-0.1, -0.05) is 13.8 Å². The van der Waals surface area contributed by atoms with Crippen LogP contribution >= 0.6 is 0 Å². The zero-order valence-corrected chi connectivity index (χ0v) is 11.7. The maximum Gasteiger partial charge on any atom is 0.0593 e. The SMILES string of the molecule is CCCOCCN(CCC)CC1CCNCC1. The molecule has 0 saturated carbocycles. The van der Waals surface area contributed by atoms with Gasteiger partial charge in [-0.15, -0.1) is 0 Å². The number of hydrogen-bond donors (Lipinski definition) is 1. The molecule has 0 aromatic carbocycles. The van der Waals surface area contributed by atoms with E-state index in [-0.39, 0.29) is 0 Å². The third kappa shape index (κ3) is 7.02. The lowest BCUT2D eigenvalue weighted by molar-refractivity contribution is 0.0949. The van der Waals surface area contributed by atoms with E-state index in [9.17, 15) is 0 Å². The van der Waals surface area contributed by atoms with Gasteiger partial charge in [0.25, 0.3) is 0 Å². The summed E-state index contributed by atoms with van der Waals surface area (Å²) in [5.74, 6) is 0.897. The Bertz CT molecular complexity index is 170. The van der Waals surface area contributed by atoms with Crippen molar-refractivity contribution in [3.63, 3.8) is 0 Å². The summed E-state index contributed by atoms with van der Waals surface area (Å²) in [4.78, 5) is 2.59. The monoisotopic (exact) mass is 242 g/mol. The van der Waals surface area contributed by atoms with Crippen molar-refractivity contribution in [3.05, 3.63) is 0 Å². The Morgan fingerprint density at radius 1 is 1.06 bits per heavy atom. The van der Waals surface area contributed by atoms with E-state index in [1.807, 2.05) is 0 Å². The first-order valence-corrected chi connectivity index (χ1v) is 7.37. The predicted molar refractivity (Wildman–Crippen MR) is 73.4 cm³/mol. The molecule has 0 radical (unpaired) electrons. The van der Waals surface area contributed by atoms with Gasteiger partial charge in [-0.05, 0) is 51.2 Å². The topological polar surface area (TPSA) is 24.5 Å². The molecule has 17 heavy (non-hydrogen) atoms. The second kappa shape index (κ2) is 9.86. The molecule has 3 nitrogen and oxygen atoms in total. The van der Waals surface area contributed by atoms with Gasteiger partial charge in [0.2, 0.25) is 0 Å². The summed E-state index contributed by atoms with van der Waals surface area (Å²) in [7, 11) is 0. The van der Waals surface area contributed by atoms with E-state index in [0.29, 0.717) is 0 Å². The van der Waals surface area contributed by atoms with E-state index in [2.05, 4.69) is 24.1 Å². The zero-order valence-electron chi connectivity index (χ0n) is 11.7. The highest BCUT2D eigenvalue weighted by Crippen LogP contribution is 2.13. The Labute approximate surface area is 107 Å². The van der Waals surface area contributed by atoms with Crippen molar-refractivity contribution >= 4 is 0 Å². The Balaban J connectivity index is 2.16. The van der Waals surface area contributed by atoms with Crippen LogP contribution in [-0.2, 0) is 4.74 Å². The Hall–Kier alpha value is -0.120. The molecule has 0 aromatic rings. The van der Waals surface area contributed by atoms with Crippen molar-refractivity contribution in [1.29, 1.82) is 0 Å². The maximum absolute atomic E-state index is 5.59. The molecule has 1 aliphatic heterocycles. The van der Waals surface area contributed by atoms with E-state index in [4.69, 9.17) is 4.74 Å². The normalized spacial score (nSPS) is 17.8. The van der Waals surface area contributed by atoms with Crippen LogP contribution in [0, 0.1) is 5.92 Å². The van der Waals surface area contributed by atoms with Gasteiger partial charge in [0.05, 0.1) is 6.61 Å². The Morgan fingerprint density at radius 3 is 2.47 bits per heavy atom. The molecule has 1 heterocycles. The van der Waals surface area contributed by atoms with Crippen molar-refractivity contribution in [2.45, 2.75) is 39.5 Å². The summed E-state index contributed by atoms with van der Waals surface area (Å²) < 4.78 is 5.59. The minimum absolute atomic E-state index is 0.897. The first-order chi connectivity index (χ1) is 8.36. The van der Waals surface area contributed by atoms with E-state index < -0.39 is 0 Å². The fourth-order valence-corrected chi connectivity index (χ4v) is 2.48. The van der Waals surface area contributed by atoms with Crippen LogP contribution in [0.5, 0.6) is 0 Å². The molecule has 102 valence electrons. The van der Waals surface area contributed by atoms with Crippen LogP contribution < -0.4 is 5.32 Å². The number of ether oxygens (including phenoxy) is 1. The molecule has 1 saturated heterocycles. The van der Waals surface area contributed by atoms with Crippen LogP contribution in [0.2, 0.25) is 0 Å². The fourth-order valence-electron chi connectivity index (χ4n) is 2.48. The van der Waals surface area contributed by atoms with Crippen molar-refractivity contribution in [2.75, 3.05) is 45.9 Å². The minimum atomic E-state index is 0.897. The molecule has 0 spiro atoms. The third-order valence-electron chi connectivity index (χ3n) is 3.42. The van der Waals surface area contributed by atoms with E-state index >= 15 is 0 Å². The second-order valence-electron chi connectivity index (χ2n) is 5.11. The van der Waals surface area contributed by atoms with Crippen molar-refractivity contribution in [2.24, 2.45) is 5.92 Å². The average Bonchev–Trinajstić information content (AvgIpc) is 2.36. The molecule has 0 aromatic heterocycles. The molecule has 0 bridgehead atoms. The molecular formula is C14H30N2O. The van der Waals surface area contributed by atoms with Crippen LogP contribution in [0.3, 0.4) is 0 Å². The summed E-state index contributed by atoms with van der Waals surface area (Å²) in [6.07, 6.45) is 5.06. The molecule has 0 amide bonds. The molecule has 1 fully saturated rings. The smallest absolute Gasteiger partial charge is 0.0593 e. The average molecular weight is 242 g/mol. The van der Waals surface area contributed by atoms with Crippen LogP contribution in [-0.4, -0.2) is 50.8 Å². The van der Waals surface area contributed by atoms with Gasteiger partial charge < -0.3 is 15.0 Å². The van der Waals surface area contributed by atoms with E-state index in [0.717, 1.165) is 32.1 Å². The van der Waals surface area contributed by atoms with Crippen molar-refractivity contribution in [3.8, 4) is 0 Å². The fraction of sp³-hybridized carbons (Fsp3) is 1.00. The highest BCUT2D eigenvalue weighted by molar-refractivity contribution is 4.72. The standard InChI is InChI=1S/C14H30N2O/c1-3-9-16(10-12-17-11-4-2)13-14-5-7-15-8-6-14/h14-15H,3-13H2,1-2H3.